The summed E-state index contributed by atoms with van der Waals surface area (Å²) in [6, 6.07) is 20.6. The first-order chi connectivity index (χ1) is 19.4. The molecule has 2 amide bonds. The van der Waals surface area contributed by atoms with Gasteiger partial charge in [0.1, 0.15) is 6.33 Å². The van der Waals surface area contributed by atoms with E-state index >= 15 is 0 Å². The summed E-state index contributed by atoms with van der Waals surface area (Å²) in [5, 5.41) is 0. The number of rotatable bonds is 6. The van der Waals surface area contributed by atoms with Gasteiger partial charge in [-0.25, -0.2) is 9.97 Å². The Labute approximate surface area is 237 Å². The minimum Gasteiger partial charge on any atom is -0.339 e. The van der Waals surface area contributed by atoms with Crippen LogP contribution in [0.25, 0.3) is 0 Å². The highest BCUT2D eigenvalue weighted by Crippen LogP contribution is 2.40. The summed E-state index contributed by atoms with van der Waals surface area (Å²) < 4.78 is 0. The van der Waals surface area contributed by atoms with Gasteiger partial charge in [0.15, 0.2) is 0 Å². The maximum atomic E-state index is 13.3. The van der Waals surface area contributed by atoms with Crippen LogP contribution in [0, 0.1) is 25.7 Å². The van der Waals surface area contributed by atoms with Gasteiger partial charge in [-0.3, -0.25) is 9.59 Å². The average molecular weight is 538 g/mol. The molecule has 40 heavy (non-hydrogen) atoms. The molecule has 0 N–H and O–H groups in total. The number of aromatic nitrogens is 2. The zero-order chi connectivity index (χ0) is 27.7. The molecule has 0 saturated carbocycles. The van der Waals surface area contributed by atoms with Crippen molar-refractivity contribution in [2.75, 3.05) is 45.8 Å². The summed E-state index contributed by atoms with van der Waals surface area (Å²) >= 11 is 0. The summed E-state index contributed by atoms with van der Waals surface area (Å²) in [6.07, 6.45) is 4.59. The number of likely N-dealkylation sites (tertiary alicyclic amines) is 3. The molecule has 7 nitrogen and oxygen atoms in total. The number of fused-ring (bicyclic) bond motifs is 1. The van der Waals surface area contributed by atoms with Crippen molar-refractivity contribution in [3.63, 3.8) is 0 Å². The van der Waals surface area contributed by atoms with Crippen molar-refractivity contribution in [2.45, 2.75) is 38.5 Å². The van der Waals surface area contributed by atoms with Crippen LogP contribution in [0.3, 0.4) is 0 Å². The Morgan fingerprint density at radius 1 is 0.775 bits per heavy atom. The van der Waals surface area contributed by atoms with E-state index in [0.717, 1.165) is 82.0 Å². The highest BCUT2D eigenvalue weighted by atomic mass is 16.2. The molecule has 4 heterocycles. The number of carbonyl (C=O) groups is 2. The Morgan fingerprint density at radius 3 is 1.95 bits per heavy atom. The molecule has 7 heteroatoms. The number of hydrogen-bond donors (Lipinski definition) is 0. The lowest BCUT2D eigenvalue weighted by atomic mass is 9.70. The first-order valence-electron chi connectivity index (χ1n) is 14.6. The van der Waals surface area contributed by atoms with E-state index in [1.54, 1.807) is 0 Å². The van der Waals surface area contributed by atoms with E-state index in [0.29, 0.717) is 17.4 Å². The predicted octanol–water partition coefficient (Wildman–Crippen LogP) is 4.36. The predicted molar refractivity (Wildman–Crippen MR) is 155 cm³/mol. The summed E-state index contributed by atoms with van der Waals surface area (Å²) in [7, 11) is 0. The molecule has 3 fully saturated rings. The molecule has 3 saturated heterocycles. The molecule has 2 unspecified atom stereocenters. The van der Waals surface area contributed by atoms with Crippen molar-refractivity contribution in [1.82, 2.24) is 24.7 Å². The van der Waals surface area contributed by atoms with Gasteiger partial charge in [-0.1, -0.05) is 48.5 Å². The number of benzene rings is 2. The number of amides is 2. The molecule has 0 bridgehead atoms. The first-order valence-corrected chi connectivity index (χ1v) is 14.6. The maximum Gasteiger partial charge on any atom is 0.257 e. The van der Waals surface area contributed by atoms with Crippen LogP contribution in [0.5, 0.6) is 0 Å². The molecule has 0 aliphatic carbocycles. The van der Waals surface area contributed by atoms with Crippen LogP contribution in [0.1, 0.15) is 56.9 Å². The van der Waals surface area contributed by atoms with Crippen molar-refractivity contribution in [2.24, 2.45) is 11.8 Å². The van der Waals surface area contributed by atoms with Crippen molar-refractivity contribution < 1.29 is 9.59 Å². The Bertz CT molecular complexity index is 1320. The SMILES string of the molecule is Cc1ncnc(C)c1C(=O)N1CC2CN(CCC3(c4ccccc4)CCN(C(=O)c4ccccc4)CC3)CC2C1. The largest absolute Gasteiger partial charge is 0.339 e. The second kappa shape index (κ2) is 11.1. The highest BCUT2D eigenvalue weighted by Gasteiger charge is 2.43. The van der Waals surface area contributed by atoms with E-state index in [1.165, 1.54) is 11.9 Å². The third kappa shape index (κ3) is 5.15. The Hall–Kier alpha value is -3.58. The first kappa shape index (κ1) is 26.6. The van der Waals surface area contributed by atoms with Crippen LogP contribution in [0.4, 0.5) is 0 Å². The van der Waals surface area contributed by atoms with E-state index in [-0.39, 0.29) is 17.2 Å². The minimum atomic E-state index is 0.0800. The second-order valence-electron chi connectivity index (χ2n) is 12.0. The van der Waals surface area contributed by atoms with Crippen LogP contribution in [0.2, 0.25) is 0 Å². The molecule has 1 aromatic heterocycles. The van der Waals surface area contributed by atoms with Gasteiger partial charge in [-0.2, -0.15) is 0 Å². The number of aryl methyl sites for hydroxylation is 2. The van der Waals surface area contributed by atoms with Gasteiger partial charge in [0.05, 0.1) is 17.0 Å². The lowest BCUT2D eigenvalue weighted by molar-refractivity contribution is 0.0650. The molecule has 3 aliphatic heterocycles. The second-order valence-corrected chi connectivity index (χ2v) is 12.0. The van der Waals surface area contributed by atoms with E-state index < -0.39 is 0 Å². The van der Waals surface area contributed by atoms with Gasteiger partial charge in [0.2, 0.25) is 0 Å². The molecule has 2 aromatic carbocycles. The number of piperidine rings is 1. The molecule has 6 rings (SSSR count). The molecular formula is C33H39N5O2. The van der Waals surface area contributed by atoms with Crippen molar-refractivity contribution in [3.05, 3.63) is 95.1 Å². The third-order valence-corrected chi connectivity index (χ3v) is 9.61. The summed E-state index contributed by atoms with van der Waals surface area (Å²) in [5.74, 6) is 1.26. The van der Waals surface area contributed by atoms with Gasteiger partial charge in [-0.05, 0) is 74.6 Å². The Morgan fingerprint density at radius 2 is 1.35 bits per heavy atom. The zero-order valence-corrected chi connectivity index (χ0v) is 23.6. The van der Waals surface area contributed by atoms with E-state index in [1.807, 2.05) is 54.0 Å². The molecule has 208 valence electrons. The number of hydrogen-bond acceptors (Lipinski definition) is 5. The van der Waals surface area contributed by atoms with Crippen molar-refractivity contribution in [3.8, 4) is 0 Å². The Balaban J connectivity index is 1.08. The molecule has 2 atom stereocenters. The maximum absolute atomic E-state index is 13.3. The Kier molecular flexibility index (Phi) is 7.41. The third-order valence-electron chi connectivity index (χ3n) is 9.61. The highest BCUT2D eigenvalue weighted by molar-refractivity contribution is 5.96. The lowest BCUT2D eigenvalue weighted by Crippen LogP contribution is -2.46. The van der Waals surface area contributed by atoms with Gasteiger partial charge >= 0.3 is 0 Å². The molecular weight excluding hydrogens is 498 g/mol. The lowest BCUT2D eigenvalue weighted by Gasteiger charge is -2.43. The smallest absolute Gasteiger partial charge is 0.257 e. The average Bonchev–Trinajstić information content (AvgIpc) is 3.56. The zero-order valence-electron chi connectivity index (χ0n) is 23.6. The van der Waals surface area contributed by atoms with Gasteiger partial charge < -0.3 is 14.7 Å². The number of carbonyl (C=O) groups excluding carboxylic acids is 2. The van der Waals surface area contributed by atoms with E-state index in [9.17, 15) is 9.59 Å². The molecule has 3 aliphatic rings. The van der Waals surface area contributed by atoms with Gasteiger partial charge in [-0.15, -0.1) is 0 Å². The van der Waals surface area contributed by atoms with Crippen molar-refractivity contribution >= 4 is 11.8 Å². The fourth-order valence-electron chi connectivity index (χ4n) is 7.25. The minimum absolute atomic E-state index is 0.0800. The van der Waals surface area contributed by atoms with Crippen molar-refractivity contribution in [1.29, 1.82) is 0 Å². The quantitative estimate of drug-likeness (QED) is 0.467. The summed E-state index contributed by atoms with van der Waals surface area (Å²) in [6.45, 7) is 10.1. The van der Waals surface area contributed by atoms with Gasteiger partial charge in [0, 0.05) is 44.8 Å². The fraction of sp³-hybridized carbons (Fsp3) is 0.455. The standard InChI is InChI=1S/C33H39N5O2/c1-24-30(25(2)35-23-34-24)32(40)38-21-27-19-36(20-28(27)22-38)16-13-33(29-11-7-4-8-12-29)14-17-37(18-15-33)31(39)26-9-5-3-6-10-26/h3-12,23,27-28H,13-22H2,1-2H3. The molecule has 0 spiro atoms. The van der Waals surface area contributed by atoms with Crippen LogP contribution < -0.4 is 0 Å². The monoisotopic (exact) mass is 537 g/mol. The van der Waals surface area contributed by atoms with Crippen LogP contribution in [-0.4, -0.2) is 82.3 Å². The number of nitrogens with zero attached hydrogens (tertiary/aromatic N) is 5. The fourth-order valence-corrected chi connectivity index (χ4v) is 7.25. The van der Waals surface area contributed by atoms with E-state index in [4.69, 9.17) is 0 Å². The normalized spacial score (nSPS) is 22.4. The van der Waals surface area contributed by atoms with E-state index in [2.05, 4.69) is 45.2 Å². The summed E-state index contributed by atoms with van der Waals surface area (Å²) in [5.41, 5.74) is 4.44. The van der Waals surface area contributed by atoms with Crippen LogP contribution in [0.15, 0.2) is 67.0 Å². The molecule has 3 aromatic rings. The van der Waals surface area contributed by atoms with Crippen LogP contribution in [-0.2, 0) is 5.41 Å². The van der Waals surface area contributed by atoms with Crippen LogP contribution >= 0.6 is 0 Å². The molecule has 0 radical (unpaired) electrons. The topological polar surface area (TPSA) is 69.6 Å². The summed E-state index contributed by atoms with van der Waals surface area (Å²) in [4.78, 5) is 41.6. The van der Waals surface area contributed by atoms with Gasteiger partial charge in [0.25, 0.3) is 11.8 Å².